The molecule has 0 spiro atoms. The van der Waals surface area contributed by atoms with Crippen molar-refractivity contribution in [2.45, 2.75) is 32.9 Å². The number of thiophene rings is 1. The first-order valence-corrected chi connectivity index (χ1v) is 7.29. The lowest BCUT2D eigenvalue weighted by molar-refractivity contribution is 0.354. The SMILES string of the molecule is Cc1csc2c(=O)n(Cc3nc(C(C)(C)N)no3)cnc12. The fraction of sp³-hybridized carbons (Fsp3) is 0.385. The van der Waals surface area contributed by atoms with E-state index in [0.717, 1.165) is 11.1 Å². The van der Waals surface area contributed by atoms with E-state index in [-0.39, 0.29) is 12.1 Å². The molecule has 3 aromatic rings. The van der Waals surface area contributed by atoms with E-state index in [1.54, 1.807) is 13.8 Å². The van der Waals surface area contributed by atoms with Crippen LogP contribution < -0.4 is 11.3 Å². The smallest absolute Gasteiger partial charge is 0.271 e. The number of hydrogen-bond donors (Lipinski definition) is 1. The Kier molecular flexibility index (Phi) is 3.14. The molecule has 0 fully saturated rings. The zero-order valence-electron chi connectivity index (χ0n) is 12.0. The Labute approximate surface area is 124 Å². The Balaban J connectivity index is 1.97. The largest absolute Gasteiger partial charge is 0.337 e. The molecule has 0 amide bonds. The lowest BCUT2D eigenvalue weighted by atomic mass is 10.1. The van der Waals surface area contributed by atoms with Crippen molar-refractivity contribution in [1.82, 2.24) is 19.7 Å². The molecule has 0 atom stereocenters. The zero-order chi connectivity index (χ0) is 15.2. The molecule has 0 unspecified atom stereocenters. The third-order valence-corrected chi connectivity index (χ3v) is 4.15. The molecule has 3 heterocycles. The minimum Gasteiger partial charge on any atom is -0.337 e. The van der Waals surface area contributed by atoms with Gasteiger partial charge in [0.2, 0.25) is 5.89 Å². The van der Waals surface area contributed by atoms with Gasteiger partial charge in [-0.1, -0.05) is 5.16 Å². The minimum atomic E-state index is -0.681. The quantitative estimate of drug-likeness (QED) is 0.785. The van der Waals surface area contributed by atoms with E-state index in [4.69, 9.17) is 10.3 Å². The summed E-state index contributed by atoms with van der Waals surface area (Å²) in [6.07, 6.45) is 1.50. The number of hydrogen-bond acceptors (Lipinski definition) is 7. The maximum absolute atomic E-state index is 12.4. The molecule has 7 nitrogen and oxygen atoms in total. The molecule has 21 heavy (non-hydrogen) atoms. The Bertz CT molecular complexity index is 855. The zero-order valence-corrected chi connectivity index (χ0v) is 12.8. The Morgan fingerprint density at radius 2 is 2.24 bits per heavy atom. The normalized spacial score (nSPS) is 12.2. The van der Waals surface area contributed by atoms with Crippen LogP contribution in [0, 0.1) is 6.92 Å². The van der Waals surface area contributed by atoms with Crippen LogP contribution in [0.5, 0.6) is 0 Å². The summed E-state index contributed by atoms with van der Waals surface area (Å²) in [7, 11) is 0. The highest BCUT2D eigenvalue weighted by Gasteiger charge is 2.21. The molecular weight excluding hydrogens is 290 g/mol. The monoisotopic (exact) mass is 305 g/mol. The van der Waals surface area contributed by atoms with Gasteiger partial charge in [0.15, 0.2) is 5.82 Å². The van der Waals surface area contributed by atoms with Crippen LogP contribution in [0.15, 0.2) is 21.0 Å². The van der Waals surface area contributed by atoms with Crippen molar-refractivity contribution < 1.29 is 4.52 Å². The van der Waals surface area contributed by atoms with Crippen molar-refractivity contribution in [3.8, 4) is 0 Å². The highest BCUT2D eigenvalue weighted by molar-refractivity contribution is 7.17. The summed E-state index contributed by atoms with van der Waals surface area (Å²) in [5, 5.41) is 5.76. The predicted octanol–water partition coefficient (Wildman–Crippen LogP) is 1.39. The van der Waals surface area contributed by atoms with E-state index in [1.807, 2.05) is 12.3 Å². The van der Waals surface area contributed by atoms with Crippen LogP contribution in [0.3, 0.4) is 0 Å². The molecule has 0 aliphatic rings. The van der Waals surface area contributed by atoms with Gasteiger partial charge in [0.1, 0.15) is 11.2 Å². The van der Waals surface area contributed by atoms with E-state index < -0.39 is 5.54 Å². The fourth-order valence-corrected chi connectivity index (χ4v) is 2.85. The van der Waals surface area contributed by atoms with Crippen molar-refractivity contribution in [1.29, 1.82) is 0 Å². The van der Waals surface area contributed by atoms with Crippen LogP contribution in [0.2, 0.25) is 0 Å². The van der Waals surface area contributed by atoms with Crippen molar-refractivity contribution in [3.63, 3.8) is 0 Å². The topological polar surface area (TPSA) is 99.8 Å². The minimum absolute atomic E-state index is 0.107. The van der Waals surface area contributed by atoms with Gasteiger partial charge >= 0.3 is 0 Å². The molecule has 0 saturated carbocycles. The first-order chi connectivity index (χ1) is 9.86. The van der Waals surface area contributed by atoms with Gasteiger partial charge < -0.3 is 10.3 Å². The van der Waals surface area contributed by atoms with Crippen molar-refractivity contribution in [3.05, 3.63) is 39.3 Å². The molecule has 3 rings (SSSR count). The third-order valence-electron chi connectivity index (χ3n) is 3.07. The van der Waals surface area contributed by atoms with Crippen molar-refractivity contribution in [2.24, 2.45) is 5.73 Å². The number of aryl methyl sites for hydroxylation is 1. The molecular formula is C13H15N5O2S. The second kappa shape index (κ2) is 4.74. The van der Waals surface area contributed by atoms with Gasteiger partial charge in [-0.2, -0.15) is 4.98 Å². The van der Waals surface area contributed by atoms with E-state index in [2.05, 4.69) is 15.1 Å². The van der Waals surface area contributed by atoms with E-state index in [0.29, 0.717) is 16.4 Å². The van der Waals surface area contributed by atoms with E-state index in [1.165, 1.54) is 22.2 Å². The molecule has 3 aromatic heterocycles. The summed E-state index contributed by atoms with van der Waals surface area (Å²) < 4.78 is 7.23. The summed E-state index contributed by atoms with van der Waals surface area (Å²) in [5.41, 5.74) is 6.87. The Hall–Kier alpha value is -2.06. The molecule has 2 N–H and O–H groups in total. The second-order valence-corrected chi connectivity index (χ2v) is 6.39. The van der Waals surface area contributed by atoms with Gasteiger partial charge in [-0.15, -0.1) is 11.3 Å². The molecule has 0 saturated heterocycles. The van der Waals surface area contributed by atoms with Gasteiger partial charge in [-0.25, -0.2) is 4.98 Å². The molecule has 0 bridgehead atoms. The van der Waals surface area contributed by atoms with E-state index >= 15 is 0 Å². The van der Waals surface area contributed by atoms with Gasteiger partial charge in [0.05, 0.1) is 17.4 Å². The molecule has 0 radical (unpaired) electrons. The third kappa shape index (κ3) is 2.47. The fourth-order valence-electron chi connectivity index (χ4n) is 1.90. The van der Waals surface area contributed by atoms with Gasteiger partial charge in [0.25, 0.3) is 5.56 Å². The van der Waals surface area contributed by atoms with Gasteiger partial charge in [0, 0.05) is 0 Å². The predicted molar refractivity (Wildman–Crippen MR) is 79.2 cm³/mol. The lowest BCUT2D eigenvalue weighted by Crippen LogP contribution is -2.30. The van der Waals surface area contributed by atoms with Crippen LogP contribution in [0.1, 0.15) is 31.1 Å². The number of nitrogens with zero attached hydrogens (tertiary/aromatic N) is 4. The molecule has 8 heteroatoms. The van der Waals surface area contributed by atoms with Crippen LogP contribution in [-0.4, -0.2) is 19.7 Å². The number of rotatable bonds is 3. The van der Waals surface area contributed by atoms with Crippen LogP contribution in [-0.2, 0) is 12.1 Å². The van der Waals surface area contributed by atoms with Crippen LogP contribution >= 0.6 is 11.3 Å². The number of fused-ring (bicyclic) bond motifs is 1. The average Bonchev–Trinajstić information content (AvgIpc) is 3.00. The molecule has 0 aliphatic heterocycles. The van der Waals surface area contributed by atoms with Gasteiger partial charge in [-0.3, -0.25) is 9.36 Å². The van der Waals surface area contributed by atoms with Crippen LogP contribution in [0.25, 0.3) is 10.2 Å². The summed E-state index contributed by atoms with van der Waals surface area (Å²) in [4.78, 5) is 20.9. The average molecular weight is 305 g/mol. The molecule has 0 aromatic carbocycles. The summed E-state index contributed by atoms with van der Waals surface area (Å²) in [6.45, 7) is 5.69. The van der Waals surface area contributed by atoms with Crippen molar-refractivity contribution in [2.75, 3.05) is 0 Å². The standard InChI is InChI=1S/C13H15N5O2S/c1-7-5-21-10-9(7)15-6-18(11(10)19)4-8-16-12(17-20-8)13(2,3)14/h5-6H,4,14H2,1-3H3. The number of aromatic nitrogens is 4. The van der Waals surface area contributed by atoms with Crippen molar-refractivity contribution >= 4 is 21.6 Å². The van der Waals surface area contributed by atoms with E-state index in [9.17, 15) is 4.79 Å². The Morgan fingerprint density at radius 3 is 2.90 bits per heavy atom. The maximum Gasteiger partial charge on any atom is 0.271 e. The summed E-state index contributed by atoms with van der Waals surface area (Å²) >= 11 is 1.39. The summed E-state index contributed by atoms with van der Waals surface area (Å²) in [6, 6.07) is 0. The lowest BCUT2D eigenvalue weighted by Gasteiger charge is -2.11. The first kappa shape index (κ1) is 13.9. The Morgan fingerprint density at radius 1 is 1.48 bits per heavy atom. The highest BCUT2D eigenvalue weighted by atomic mass is 32.1. The van der Waals surface area contributed by atoms with Gasteiger partial charge in [-0.05, 0) is 31.7 Å². The van der Waals surface area contributed by atoms with Crippen LogP contribution in [0.4, 0.5) is 0 Å². The first-order valence-electron chi connectivity index (χ1n) is 6.41. The second-order valence-electron chi connectivity index (χ2n) is 5.51. The highest BCUT2D eigenvalue weighted by Crippen LogP contribution is 2.19. The maximum atomic E-state index is 12.4. The molecule has 110 valence electrons. The summed E-state index contributed by atoms with van der Waals surface area (Å²) in [5.74, 6) is 0.742. The number of nitrogens with two attached hydrogens (primary N) is 1. The molecule has 0 aliphatic carbocycles.